The van der Waals surface area contributed by atoms with E-state index < -0.39 is 19.1 Å². The van der Waals surface area contributed by atoms with Crippen molar-refractivity contribution < 1.29 is 23.0 Å². The van der Waals surface area contributed by atoms with E-state index >= 15 is 0 Å². The second-order valence-electron chi connectivity index (χ2n) is 8.44. The summed E-state index contributed by atoms with van der Waals surface area (Å²) in [4.78, 5) is 9.06. The number of nitrogens with zero attached hydrogens (tertiary/aromatic N) is 4. The van der Waals surface area contributed by atoms with Crippen molar-refractivity contribution in [1.29, 1.82) is 10.5 Å². The van der Waals surface area contributed by atoms with E-state index in [1.165, 1.54) is 23.1 Å². The van der Waals surface area contributed by atoms with E-state index in [9.17, 15) is 23.7 Å². The summed E-state index contributed by atoms with van der Waals surface area (Å²) in [5.74, 6) is 0.744. The number of ether oxygens (including phenoxy) is 1. The molecule has 2 N–H and O–H groups in total. The number of nitriles is 2. The van der Waals surface area contributed by atoms with Crippen LogP contribution in [0.15, 0.2) is 58.9 Å². The van der Waals surface area contributed by atoms with E-state index in [1.54, 1.807) is 36.4 Å². The van der Waals surface area contributed by atoms with Crippen molar-refractivity contribution in [1.82, 2.24) is 9.97 Å². The van der Waals surface area contributed by atoms with E-state index in [0.717, 1.165) is 16.3 Å². The molecule has 0 saturated heterocycles. The second kappa shape index (κ2) is 13.7. The van der Waals surface area contributed by atoms with Gasteiger partial charge in [0.25, 0.3) is 0 Å². The fourth-order valence-corrected chi connectivity index (χ4v) is 5.68. The zero-order valence-corrected chi connectivity index (χ0v) is 23.6. The Bertz CT molecular complexity index is 1580. The van der Waals surface area contributed by atoms with E-state index in [4.69, 9.17) is 21.4 Å². The molecule has 0 unspecified atom stereocenters. The van der Waals surface area contributed by atoms with Crippen LogP contribution in [-0.2, 0) is 5.75 Å². The van der Waals surface area contributed by atoms with Crippen LogP contribution < -0.4 is 10.1 Å². The number of alkyl halides is 3. The Hall–Kier alpha value is -3.81. The number of aliphatic hydroxyl groups is 1. The Kier molecular flexibility index (Phi) is 10.1. The van der Waals surface area contributed by atoms with Crippen molar-refractivity contribution in [2.75, 3.05) is 25.1 Å². The van der Waals surface area contributed by atoms with Crippen molar-refractivity contribution >= 4 is 40.5 Å². The SMILES string of the molecule is N#Cc1c(NCCC(F)(F)F)nc(SCc2csc(-c3ccc(Cl)cc3)n2)c(C#N)c1-c1ccc(OCCO)cc1. The first-order valence-electron chi connectivity index (χ1n) is 12.1. The number of thioether (sulfide) groups is 1. The Morgan fingerprint density at radius 1 is 1.00 bits per heavy atom. The first-order valence-corrected chi connectivity index (χ1v) is 14.3. The van der Waals surface area contributed by atoms with Crippen LogP contribution >= 0.6 is 34.7 Å². The molecule has 0 amide bonds. The lowest BCUT2D eigenvalue weighted by atomic mass is 9.96. The number of halogens is 4. The quantitative estimate of drug-likeness (QED) is 0.169. The zero-order chi connectivity index (χ0) is 29.4. The number of thiazole rings is 1. The Morgan fingerprint density at radius 2 is 1.68 bits per heavy atom. The van der Waals surface area contributed by atoms with Crippen LogP contribution in [-0.4, -0.2) is 41.0 Å². The largest absolute Gasteiger partial charge is 0.491 e. The molecule has 0 spiro atoms. The normalized spacial score (nSPS) is 11.1. The zero-order valence-electron chi connectivity index (χ0n) is 21.2. The molecule has 0 aliphatic carbocycles. The van der Waals surface area contributed by atoms with Gasteiger partial charge in [0, 0.05) is 33.8 Å². The van der Waals surface area contributed by atoms with Gasteiger partial charge in [0.1, 0.15) is 45.9 Å². The highest BCUT2D eigenvalue weighted by Gasteiger charge is 2.27. The molecular weight excluding hydrogens is 595 g/mol. The van der Waals surface area contributed by atoms with E-state index in [2.05, 4.69) is 21.4 Å². The fourth-order valence-electron chi connectivity index (χ4n) is 3.74. The first kappa shape index (κ1) is 30.2. The summed E-state index contributed by atoms with van der Waals surface area (Å²) in [6.45, 7) is -0.575. The van der Waals surface area contributed by atoms with Gasteiger partial charge in [-0.25, -0.2) is 9.97 Å². The van der Waals surface area contributed by atoms with Crippen LogP contribution in [0, 0.1) is 22.7 Å². The summed E-state index contributed by atoms with van der Waals surface area (Å²) < 4.78 is 43.9. The van der Waals surface area contributed by atoms with Crippen molar-refractivity contribution in [3.8, 4) is 39.6 Å². The highest BCUT2D eigenvalue weighted by atomic mass is 35.5. The topological polar surface area (TPSA) is 115 Å². The van der Waals surface area contributed by atoms with Crippen LogP contribution in [0.5, 0.6) is 5.75 Å². The molecule has 0 radical (unpaired) electrons. The minimum atomic E-state index is -4.40. The minimum absolute atomic E-state index is 0.0456. The number of nitrogens with one attached hydrogen (secondary N) is 1. The van der Waals surface area contributed by atoms with Gasteiger partial charge in [-0.3, -0.25) is 0 Å². The highest BCUT2D eigenvalue weighted by Crippen LogP contribution is 2.38. The van der Waals surface area contributed by atoms with Gasteiger partial charge in [-0.15, -0.1) is 11.3 Å². The van der Waals surface area contributed by atoms with Gasteiger partial charge >= 0.3 is 6.18 Å². The van der Waals surface area contributed by atoms with E-state index in [0.29, 0.717) is 22.1 Å². The van der Waals surface area contributed by atoms with Gasteiger partial charge in [0.15, 0.2) is 0 Å². The molecular formula is C28H21ClF3N5O2S2. The monoisotopic (exact) mass is 615 g/mol. The third kappa shape index (κ3) is 7.90. The Morgan fingerprint density at radius 3 is 2.32 bits per heavy atom. The molecule has 210 valence electrons. The third-order valence-electron chi connectivity index (χ3n) is 5.59. The molecule has 7 nitrogen and oxygen atoms in total. The van der Waals surface area contributed by atoms with Gasteiger partial charge in [-0.1, -0.05) is 47.6 Å². The third-order valence-corrected chi connectivity index (χ3v) is 7.79. The molecule has 13 heteroatoms. The van der Waals surface area contributed by atoms with Crippen LogP contribution in [0.2, 0.25) is 5.02 Å². The van der Waals surface area contributed by atoms with Gasteiger partial charge in [-0.05, 0) is 29.8 Å². The predicted octanol–water partition coefficient (Wildman–Crippen LogP) is 7.30. The molecule has 4 rings (SSSR count). The van der Waals surface area contributed by atoms with Gasteiger partial charge in [-0.2, -0.15) is 23.7 Å². The molecule has 2 aromatic heterocycles. The summed E-state index contributed by atoms with van der Waals surface area (Å²) in [5, 5.41) is 35.3. The summed E-state index contributed by atoms with van der Waals surface area (Å²) in [5.41, 5.74) is 2.42. The molecule has 2 aromatic carbocycles. The maximum atomic E-state index is 12.8. The number of pyridine rings is 1. The van der Waals surface area contributed by atoms with Crippen molar-refractivity contribution in [3.05, 3.63) is 75.8 Å². The lowest BCUT2D eigenvalue weighted by Crippen LogP contribution is -2.16. The fraction of sp³-hybridized carbons (Fsp3) is 0.214. The summed E-state index contributed by atoms with van der Waals surface area (Å²) >= 11 is 8.61. The van der Waals surface area contributed by atoms with Crippen LogP contribution in [0.1, 0.15) is 23.2 Å². The Balaban J connectivity index is 1.69. The summed E-state index contributed by atoms with van der Waals surface area (Å²) in [6, 6.07) is 17.9. The number of aromatic nitrogens is 2. The minimum Gasteiger partial charge on any atom is -0.491 e. The second-order valence-corrected chi connectivity index (χ2v) is 10.7. The van der Waals surface area contributed by atoms with Crippen LogP contribution in [0.25, 0.3) is 21.7 Å². The van der Waals surface area contributed by atoms with Gasteiger partial charge in [0.2, 0.25) is 0 Å². The average molecular weight is 616 g/mol. The van der Waals surface area contributed by atoms with Gasteiger partial charge in [0.05, 0.1) is 24.3 Å². The molecule has 2 heterocycles. The smallest absolute Gasteiger partial charge is 0.390 e. The molecule has 41 heavy (non-hydrogen) atoms. The highest BCUT2D eigenvalue weighted by molar-refractivity contribution is 7.98. The molecule has 4 aromatic rings. The molecule has 0 saturated carbocycles. The average Bonchev–Trinajstić information content (AvgIpc) is 3.43. The standard InChI is InChI=1S/C28H21ClF3N5O2S2/c29-19-5-1-18(2-6-19)26-36-20(15-40-26)16-41-27-23(14-34)24(17-3-7-21(8-4-17)39-12-11-38)22(13-33)25(37-27)35-10-9-28(30,31)32/h1-8,15,38H,9-12,16H2,(H,35,37). The maximum absolute atomic E-state index is 12.8. The van der Waals surface area contributed by atoms with Crippen molar-refractivity contribution in [3.63, 3.8) is 0 Å². The lowest BCUT2D eigenvalue weighted by Gasteiger charge is -2.16. The van der Waals surface area contributed by atoms with Crippen molar-refractivity contribution in [2.24, 2.45) is 0 Å². The van der Waals surface area contributed by atoms with E-state index in [-0.39, 0.29) is 40.7 Å². The molecule has 0 atom stereocenters. The van der Waals surface area contributed by atoms with Crippen LogP contribution in [0.4, 0.5) is 19.0 Å². The maximum Gasteiger partial charge on any atom is 0.390 e. The predicted molar refractivity (Wildman–Crippen MR) is 153 cm³/mol. The van der Waals surface area contributed by atoms with Gasteiger partial charge < -0.3 is 15.2 Å². The van der Waals surface area contributed by atoms with E-state index in [1.807, 2.05) is 23.6 Å². The first-order chi connectivity index (χ1) is 19.7. The van der Waals surface area contributed by atoms with Crippen molar-refractivity contribution in [2.45, 2.75) is 23.4 Å². The number of aliphatic hydroxyl groups excluding tert-OH is 1. The number of hydrogen-bond acceptors (Lipinski definition) is 9. The lowest BCUT2D eigenvalue weighted by molar-refractivity contribution is -0.131. The molecule has 0 aliphatic rings. The van der Waals surface area contributed by atoms with Crippen LogP contribution in [0.3, 0.4) is 0 Å². The number of anilines is 1. The number of rotatable bonds is 11. The molecule has 0 fully saturated rings. The summed E-state index contributed by atoms with van der Waals surface area (Å²) in [7, 11) is 0. The number of hydrogen-bond donors (Lipinski definition) is 2. The number of benzene rings is 2. The Labute approximate surface area is 247 Å². The molecule has 0 aliphatic heterocycles. The molecule has 0 bridgehead atoms. The summed E-state index contributed by atoms with van der Waals surface area (Å²) in [6.07, 6.45) is -5.52.